The van der Waals surface area contributed by atoms with Crippen molar-refractivity contribution in [3.05, 3.63) is 0 Å². The highest BCUT2D eigenvalue weighted by Crippen LogP contribution is 2.17. The number of piperidine rings is 2. The molecule has 3 N–H and O–H groups in total. The monoisotopic (exact) mass is 283 g/mol. The molecule has 4 amide bonds. The second-order valence-corrected chi connectivity index (χ2v) is 5.05. The molecule has 8 heteroatoms. The third-order valence-corrected chi connectivity index (χ3v) is 3.67. The zero-order valence-electron chi connectivity index (χ0n) is 10.9. The Balaban J connectivity index is 1.82. The van der Waals surface area contributed by atoms with Crippen molar-refractivity contribution < 1.29 is 24.3 Å². The molecule has 8 nitrogen and oxygen atoms in total. The molecular weight excluding hydrogens is 266 g/mol. The minimum Gasteiger partial charge on any atom is -0.481 e. The van der Waals surface area contributed by atoms with Gasteiger partial charge >= 0.3 is 12.0 Å². The Kier molecular flexibility index (Phi) is 4.21. The Morgan fingerprint density at radius 1 is 1.20 bits per heavy atom. The molecule has 0 radical (unpaired) electrons. The minimum absolute atomic E-state index is 0.206. The lowest BCUT2D eigenvalue weighted by atomic mass is 9.97. The fraction of sp³-hybridized carbons (Fsp3) is 0.667. The fourth-order valence-corrected chi connectivity index (χ4v) is 2.40. The summed E-state index contributed by atoms with van der Waals surface area (Å²) < 4.78 is 0. The number of carbonyl (C=O) groups is 4. The molecule has 0 aromatic heterocycles. The van der Waals surface area contributed by atoms with Crippen LogP contribution in [0.1, 0.15) is 25.7 Å². The summed E-state index contributed by atoms with van der Waals surface area (Å²) in [6.45, 7) is 0.714. The third kappa shape index (κ3) is 3.25. The highest BCUT2D eigenvalue weighted by Gasteiger charge is 2.31. The Morgan fingerprint density at radius 2 is 1.85 bits per heavy atom. The average Bonchev–Trinajstić information content (AvgIpc) is 2.42. The molecule has 2 heterocycles. The quantitative estimate of drug-likeness (QED) is 0.579. The number of aliphatic carboxylic acids is 1. The molecule has 1 unspecified atom stereocenters. The minimum atomic E-state index is -0.838. The number of likely N-dealkylation sites (tertiary alicyclic amines) is 1. The van der Waals surface area contributed by atoms with E-state index >= 15 is 0 Å². The molecule has 0 saturated carbocycles. The molecule has 0 bridgehead atoms. The normalized spacial score (nSPS) is 24.2. The second-order valence-electron chi connectivity index (χ2n) is 5.05. The number of hydrogen-bond donors (Lipinski definition) is 3. The van der Waals surface area contributed by atoms with Crippen molar-refractivity contribution in [3.8, 4) is 0 Å². The standard InChI is InChI=1S/C12H17N3O5/c16-9-2-1-8(10(17)14-9)13-12(20)15-5-3-7(4-6-15)11(18)19/h7-8H,1-6H2,(H,13,20)(H,18,19)(H,14,16,17). The number of amides is 4. The molecule has 0 aromatic rings. The largest absolute Gasteiger partial charge is 0.481 e. The summed E-state index contributed by atoms with van der Waals surface area (Å²) >= 11 is 0. The van der Waals surface area contributed by atoms with E-state index in [0.717, 1.165) is 0 Å². The molecular formula is C12H17N3O5. The van der Waals surface area contributed by atoms with Gasteiger partial charge in [-0.3, -0.25) is 19.7 Å². The van der Waals surface area contributed by atoms with Crippen molar-refractivity contribution in [2.24, 2.45) is 5.92 Å². The van der Waals surface area contributed by atoms with Gasteiger partial charge in [-0.2, -0.15) is 0 Å². The number of urea groups is 1. The lowest BCUT2D eigenvalue weighted by Crippen LogP contribution is -2.56. The topological polar surface area (TPSA) is 116 Å². The number of carboxylic acids is 1. The second kappa shape index (κ2) is 5.89. The van der Waals surface area contributed by atoms with Gasteiger partial charge in [0.1, 0.15) is 6.04 Å². The maximum atomic E-state index is 12.0. The van der Waals surface area contributed by atoms with Gasteiger partial charge in [-0.25, -0.2) is 4.79 Å². The molecule has 1 atom stereocenters. The van der Waals surface area contributed by atoms with Gasteiger partial charge in [-0.15, -0.1) is 0 Å². The summed E-state index contributed by atoms with van der Waals surface area (Å²) in [6.07, 6.45) is 1.33. The van der Waals surface area contributed by atoms with E-state index < -0.39 is 23.8 Å². The van der Waals surface area contributed by atoms with Crippen molar-refractivity contribution in [2.45, 2.75) is 31.7 Å². The molecule has 2 aliphatic heterocycles. The Hall–Kier alpha value is -2.12. The lowest BCUT2D eigenvalue weighted by Gasteiger charge is -2.32. The smallest absolute Gasteiger partial charge is 0.318 e. The van der Waals surface area contributed by atoms with Crippen LogP contribution in [0, 0.1) is 5.92 Å². The maximum Gasteiger partial charge on any atom is 0.318 e. The summed E-state index contributed by atoms with van der Waals surface area (Å²) in [4.78, 5) is 46.8. The van der Waals surface area contributed by atoms with Crippen LogP contribution in [0.15, 0.2) is 0 Å². The van der Waals surface area contributed by atoms with Gasteiger partial charge in [0.25, 0.3) is 0 Å². The summed E-state index contributed by atoms with van der Waals surface area (Å²) in [6, 6.07) is -1.08. The van der Waals surface area contributed by atoms with Crippen LogP contribution >= 0.6 is 0 Å². The van der Waals surface area contributed by atoms with Crippen molar-refractivity contribution in [2.75, 3.05) is 13.1 Å². The van der Waals surface area contributed by atoms with Gasteiger partial charge in [0.2, 0.25) is 11.8 Å². The van der Waals surface area contributed by atoms with E-state index in [9.17, 15) is 19.2 Å². The van der Waals surface area contributed by atoms with Crippen molar-refractivity contribution in [1.82, 2.24) is 15.5 Å². The predicted octanol–water partition coefficient (Wildman–Crippen LogP) is -0.702. The van der Waals surface area contributed by atoms with Gasteiger partial charge in [0.15, 0.2) is 0 Å². The van der Waals surface area contributed by atoms with Crippen LogP contribution in [-0.2, 0) is 14.4 Å². The van der Waals surface area contributed by atoms with Crippen LogP contribution in [0.25, 0.3) is 0 Å². The molecule has 0 aliphatic carbocycles. The van der Waals surface area contributed by atoms with Crippen LogP contribution in [0.4, 0.5) is 4.79 Å². The molecule has 110 valence electrons. The van der Waals surface area contributed by atoms with E-state index in [2.05, 4.69) is 10.6 Å². The lowest BCUT2D eigenvalue weighted by molar-refractivity contribution is -0.143. The Bertz CT molecular complexity index is 442. The summed E-state index contributed by atoms with van der Waals surface area (Å²) in [5.74, 6) is -2.07. The molecule has 2 rings (SSSR count). The number of rotatable bonds is 2. The number of nitrogens with zero attached hydrogens (tertiary/aromatic N) is 1. The number of imide groups is 1. The van der Waals surface area contributed by atoms with E-state index in [-0.39, 0.29) is 18.4 Å². The van der Waals surface area contributed by atoms with E-state index in [0.29, 0.717) is 32.4 Å². The van der Waals surface area contributed by atoms with Gasteiger partial charge in [0, 0.05) is 19.5 Å². The van der Waals surface area contributed by atoms with E-state index in [1.807, 2.05) is 0 Å². The molecule has 2 fully saturated rings. The van der Waals surface area contributed by atoms with Crippen molar-refractivity contribution in [1.29, 1.82) is 0 Å². The van der Waals surface area contributed by atoms with Crippen LogP contribution in [-0.4, -0.2) is 53.0 Å². The first-order valence-corrected chi connectivity index (χ1v) is 6.59. The maximum absolute atomic E-state index is 12.0. The van der Waals surface area contributed by atoms with Gasteiger partial charge in [0.05, 0.1) is 5.92 Å². The molecule has 2 aliphatic rings. The van der Waals surface area contributed by atoms with E-state index in [1.165, 1.54) is 4.90 Å². The van der Waals surface area contributed by atoms with Crippen LogP contribution in [0.2, 0.25) is 0 Å². The summed E-state index contributed by atoms with van der Waals surface area (Å²) in [5, 5.41) is 13.6. The van der Waals surface area contributed by atoms with Crippen LogP contribution < -0.4 is 10.6 Å². The van der Waals surface area contributed by atoms with Crippen LogP contribution in [0.3, 0.4) is 0 Å². The molecule has 0 aromatic carbocycles. The van der Waals surface area contributed by atoms with Crippen LogP contribution in [0.5, 0.6) is 0 Å². The predicted molar refractivity (Wildman–Crippen MR) is 66.6 cm³/mol. The first kappa shape index (κ1) is 14.3. The number of carbonyl (C=O) groups excluding carboxylic acids is 3. The molecule has 20 heavy (non-hydrogen) atoms. The summed E-state index contributed by atoms with van der Waals surface area (Å²) in [5.41, 5.74) is 0. The SMILES string of the molecule is O=C1CCC(NC(=O)N2CCC(C(=O)O)CC2)C(=O)N1. The van der Waals surface area contributed by atoms with Crippen molar-refractivity contribution in [3.63, 3.8) is 0 Å². The molecule has 2 saturated heterocycles. The highest BCUT2D eigenvalue weighted by atomic mass is 16.4. The fourth-order valence-electron chi connectivity index (χ4n) is 2.40. The first-order valence-electron chi connectivity index (χ1n) is 6.59. The highest BCUT2D eigenvalue weighted by molar-refractivity contribution is 6.01. The summed E-state index contributed by atoms with van der Waals surface area (Å²) in [7, 11) is 0. The number of hydrogen-bond acceptors (Lipinski definition) is 4. The van der Waals surface area contributed by atoms with Gasteiger partial charge < -0.3 is 15.3 Å². The van der Waals surface area contributed by atoms with E-state index in [1.54, 1.807) is 0 Å². The third-order valence-electron chi connectivity index (χ3n) is 3.67. The van der Waals surface area contributed by atoms with Gasteiger partial charge in [-0.1, -0.05) is 0 Å². The van der Waals surface area contributed by atoms with Crippen molar-refractivity contribution >= 4 is 23.8 Å². The number of nitrogens with one attached hydrogen (secondary N) is 2. The zero-order chi connectivity index (χ0) is 14.7. The van der Waals surface area contributed by atoms with Gasteiger partial charge in [-0.05, 0) is 19.3 Å². The van der Waals surface area contributed by atoms with E-state index in [4.69, 9.17) is 5.11 Å². The number of carboxylic acid groups (broad SMARTS) is 1. The first-order chi connectivity index (χ1) is 9.47. The zero-order valence-corrected chi connectivity index (χ0v) is 10.9. The molecule has 0 spiro atoms. The average molecular weight is 283 g/mol. The Morgan fingerprint density at radius 3 is 2.40 bits per heavy atom. The Labute approximate surface area is 115 Å².